The standard InChI is InChI=1S/C15H13ClF3N3O3S/c16-12-4-9(15(17,18)19)5-22-13(12)20-21-14(22)26-8-10(23)6-24-7-11-2-1-3-25-11/h1-5,10,23H,6-8H2. The molecule has 1 N–H and O–H groups in total. The second-order valence-electron chi connectivity index (χ2n) is 5.31. The van der Waals surface area contributed by atoms with Gasteiger partial charge in [-0.1, -0.05) is 23.4 Å². The molecule has 3 heterocycles. The number of aromatic nitrogens is 3. The number of furan rings is 1. The number of ether oxygens (including phenoxy) is 1. The number of hydrogen-bond acceptors (Lipinski definition) is 6. The summed E-state index contributed by atoms with van der Waals surface area (Å²) in [7, 11) is 0. The SMILES string of the molecule is OC(COCc1ccco1)CSc1nnc2c(Cl)cc(C(F)(F)F)cn12. The molecule has 0 amide bonds. The number of hydrogen-bond donors (Lipinski definition) is 1. The Morgan fingerprint density at radius 2 is 2.19 bits per heavy atom. The molecule has 11 heteroatoms. The van der Waals surface area contributed by atoms with Crippen LogP contribution in [0.5, 0.6) is 0 Å². The van der Waals surface area contributed by atoms with E-state index in [9.17, 15) is 18.3 Å². The van der Waals surface area contributed by atoms with Crippen LogP contribution in [-0.2, 0) is 17.5 Å². The molecule has 3 aromatic rings. The summed E-state index contributed by atoms with van der Waals surface area (Å²) in [5, 5.41) is 17.6. The molecule has 0 aliphatic heterocycles. The Morgan fingerprint density at radius 1 is 1.38 bits per heavy atom. The Hall–Kier alpha value is -1.75. The molecule has 0 saturated carbocycles. The molecule has 3 rings (SSSR count). The van der Waals surface area contributed by atoms with Gasteiger partial charge in [-0.05, 0) is 18.2 Å². The fraction of sp³-hybridized carbons (Fsp3) is 0.333. The molecule has 6 nitrogen and oxygen atoms in total. The van der Waals surface area contributed by atoms with E-state index in [2.05, 4.69) is 10.2 Å². The van der Waals surface area contributed by atoms with Crippen molar-refractivity contribution in [3.63, 3.8) is 0 Å². The first-order chi connectivity index (χ1) is 12.3. The highest BCUT2D eigenvalue weighted by Crippen LogP contribution is 2.33. The van der Waals surface area contributed by atoms with E-state index in [-0.39, 0.29) is 34.8 Å². The molecule has 0 aromatic carbocycles. The molecule has 0 radical (unpaired) electrons. The molecule has 26 heavy (non-hydrogen) atoms. The van der Waals surface area contributed by atoms with Crippen molar-refractivity contribution in [3.05, 3.63) is 47.0 Å². The average Bonchev–Trinajstić information content (AvgIpc) is 3.22. The van der Waals surface area contributed by atoms with Gasteiger partial charge in [0, 0.05) is 11.9 Å². The second kappa shape index (κ2) is 7.87. The molecule has 0 aliphatic carbocycles. The molecule has 1 atom stereocenters. The zero-order chi connectivity index (χ0) is 18.7. The molecule has 0 aliphatic rings. The van der Waals surface area contributed by atoms with Crippen LogP contribution in [0.2, 0.25) is 5.02 Å². The van der Waals surface area contributed by atoms with Crippen molar-refractivity contribution in [2.75, 3.05) is 12.4 Å². The maximum absolute atomic E-state index is 12.9. The lowest BCUT2D eigenvalue weighted by atomic mass is 10.3. The summed E-state index contributed by atoms with van der Waals surface area (Å²) in [4.78, 5) is 0. The third kappa shape index (κ3) is 4.50. The lowest BCUT2D eigenvalue weighted by molar-refractivity contribution is -0.137. The van der Waals surface area contributed by atoms with Gasteiger partial charge in [-0.15, -0.1) is 10.2 Å². The average molecular weight is 408 g/mol. The second-order valence-corrected chi connectivity index (χ2v) is 6.70. The van der Waals surface area contributed by atoms with Crippen molar-refractivity contribution in [2.45, 2.75) is 24.0 Å². The van der Waals surface area contributed by atoms with Gasteiger partial charge < -0.3 is 14.3 Å². The summed E-state index contributed by atoms with van der Waals surface area (Å²) in [5.41, 5.74) is -0.787. The number of nitrogens with zero attached hydrogens (tertiary/aromatic N) is 3. The van der Waals surface area contributed by atoms with Gasteiger partial charge in [0.1, 0.15) is 12.4 Å². The summed E-state index contributed by atoms with van der Waals surface area (Å²) in [6.45, 7) is 0.256. The maximum atomic E-state index is 12.9. The molecule has 1 unspecified atom stereocenters. The van der Waals surface area contributed by atoms with Gasteiger partial charge in [0.15, 0.2) is 10.8 Å². The summed E-state index contributed by atoms with van der Waals surface area (Å²) < 4.78 is 50.3. The Kier molecular flexibility index (Phi) is 5.76. The third-order valence-corrected chi connectivity index (χ3v) is 4.66. The minimum Gasteiger partial charge on any atom is -0.467 e. The monoisotopic (exact) mass is 407 g/mol. The lowest BCUT2D eigenvalue weighted by Crippen LogP contribution is -2.18. The highest BCUT2D eigenvalue weighted by Gasteiger charge is 2.32. The summed E-state index contributed by atoms with van der Waals surface area (Å²) >= 11 is 6.90. The first-order valence-electron chi connectivity index (χ1n) is 7.37. The van der Waals surface area contributed by atoms with Crippen molar-refractivity contribution in [1.29, 1.82) is 0 Å². The maximum Gasteiger partial charge on any atom is 0.417 e. The van der Waals surface area contributed by atoms with Crippen LogP contribution in [0.3, 0.4) is 0 Å². The first kappa shape index (κ1) is 19.0. The molecule has 3 aromatic heterocycles. The van der Waals surface area contributed by atoms with Crippen molar-refractivity contribution in [1.82, 2.24) is 14.6 Å². The molecule has 0 spiro atoms. The van der Waals surface area contributed by atoms with Crippen LogP contribution in [0.15, 0.2) is 40.2 Å². The number of pyridine rings is 1. The highest BCUT2D eigenvalue weighted by molar-refractivity contribution is 7.99. The number of alkyl halides is 3. The van der Waals surface area contributed by atoms with E-state index in [0.29, 0.717) is 5.76 Å². The predicted molar refractivity (Wildman–Crippen MR) is 88.1 cm³/mol. The number of rotatable bonds is 7. The van der Waals surface area contributed by atoms with Crippen LogP contribution in [0.25, 0.3) is 5.65 Å². The van der Waals surface area contributed by atoms with Crippen LogP contribution in [0, 0.1) is 0 Å². The number of halogens is 4. The quantitative estimate of drug-likeness (QED) is 0.602. The zero-order valence-electron chi connectivity index (χ0n) is 13.1. The molecular weight excluding hydrogens is 395 g/mol. The normalized spacial score (nSPS) is 13.4. The van der Waals surface area contributed by atoms with Crippen LogP contribution < -0.4 is 0 Å². The lowest BCUT2D eigenvalue weighted by Gasteiger charge is -2.11. The first-order valence-corrected chi connectivity index (χ1v) is 8.73. The van der Waals surface area contributed by atoms with Crippen LogP contribution >= 0.6 is 23.4 Å². The van der Waals surface area contributed by atoms with Gasteiger partial charge in [0.25, 0.3) is 0 Å². The van der Waals surface area contributed by atoms with E-state index >= 15 is 0 Å². The van der Waals surface area contributed by atoms with E-state index in [1.54, 1.807) is 12.1 Å². The molecular formula is C15H13ClF3N3O3S. The minimum atomic E-state index is -4.54. The Balaban J connectivity index is 1.62. The van der Waals surface area contributed by atoms with Gasteiger partial charge in [-0.25, -0.2) is 0 Å². The molecule has 0 saturated heterocycles. The van der Waals surface area contributed by atoms with E-state index in [4.69, 9.17) is 20.8 Å². The van der Waals surface area contributed by atoms with E-state index in [1.165, 1.54) is 6.26 Å². The smallest absolute Gasteiger partial charge is 0.417 e. The van der Waals surface area contributed by atoms with Crippen molar-refractivity contribution >= 4 is 29.0 Å². The Bertz CT molecular complexity index is 870. The molecule has 0 fully saturated rings. The minimum absolute atomic E-state index is 0.0407. The topological polar surface area (TPSA) is 72.8 Å². The number of thioether (sulfide) groups is 1. The Labute approximate surface area is 154 Å². The number of fused-ring (bicyclic) bond motifs is 1. The van der Waals surface area contributed by atoms with Crippen molar-refractivity contribution < 1.29 is 27.4 Å². The number of aliphatic hydroxyl groups is 1. The third-order valence-electron chi connectivity index (χ3n) is 3.30. The van der Waals surface area contributed by atoms with Gasteiger partial charge in [-0.3, -0.25) is 4.40 Å². The Morgan fingerprint density at radius 3 is 2.88 bits per heavy atom. The highest BCUT2D eigenvalue weighted by atomic mass is 35.5. The van der Waals surface area contributed by atoms with Gasteiger partial charge in [-0.2, -0.15) is 13.2 Å². The van der Waals surface area contributed by atoms with Crippen LogP contribution in [-0.4, -0.2) is 38.2 Å². The molecule has 0 bridgehead atoms. The largest absolute Gasteiger partial charge is 0.467 e. The molecule has 140 valence electrons. The summed E-state index contributed by atoms with van der Waals surface area (Å²) in [6, 6.07) is 4.27. The van der Waals surface area contributed by atoms with E-state index in [0.717, 1.165) is 28.4 Å². The van der Waals surface area contributed by atoms with Crippen molar-refractivity contribution in [3.8, 4) is 0 Å². The summed E-state index contributed by atoms with van der Waals surface area (Å²) in [5.74, 6) is 0.787. The van der Waals surface area contributed by atoms with Crippen molar-refractivity contribution in [2.24, 2.45) is 0 Å². The predicted octanol–water partition coefficient (Wildman–Crippen LogP) is 3.66. The number of aliphatic hydroxyl groups excluding tert-OH is 1. The summed E-state index contributed by atoms with van der Waals surface area (Å²) in [6.07, 6.45) is -2.99. The van der Waals surface area contributed by atoms with Crippen LogP contribution in [0.1, 0.15) is 11.3 Å². The fourth-order valence-corrected chi connectivity index (χ4v) is 3.16. The fourth-order valence-electron chi connectivity index (χ4n) is 2.10. The van der Waals surface area contributed by atoms with E-state index < -0.39 is 17.8 Å². The zero-order valence-corrected chi connectivity index (χ0v) is 14.7. The van der Waals surface area contributed by atoms with Gasteiger partial charge >= 0.3 is 6.18 Å². The van der Waals surface area contributed by atoms with Gasteiger partial charge in [0.05, 0.1) is 29.6 Å². The van der Waals surface area contributed by atoms with Crippen LogP contribution in [0.4, 0.5) is 13.2 Å². The van der Waals surface area contributed by atoms with Gasteiger partial charge in [0.2, 0.25) is 0 Å². The van der Waals surface area contributed by atoms with E-state index in [1.807, 2.05) is 0 Å².